The van der Waals surface area contributed by atoms with E-state index in [2.05, 4.69) is 6.92 Å². The van der Waals surface area contributed by atoms with Gasteiger partial charge >= 0.3 is 0 Å². The number of hydrogen-bond acceptors (Lipinski definition) is 5. The first-order valence-corrected chi connectivity index (χ1v) is 12.8. The molecule has 2 aromatic carbocycles. The van der Waals surface area contributed by atoms with Gasteiger partial charge in [-0.2, -0.15) is 0 Å². The first-order valence-electron chi connectivity index (χ1n) is 12.4. The lowest BCUT2D eigenvalue weighted by Crippen LogP contribution is -2.59. The minimum absolute atomic E-state index is 0.168. The fraction of sp³-hybridized carbons (Fsp3) is 0.571. The maximum atomic E-state index is 14.4. The smallest absolute Gasteiger partial charge is 0.165 e. The molecule has 1 aliphatic heterocycles. The molecule has 2 aromatic rings. The molecule has 1 saturated heterocycles. The Morgan fingerprint density at radius 2 is 1.97 bits per heavy atom. The molecule has 194 valence electrons. The van der Waals surface area contributed by atoms with Crippen LogP contribution in [0.3, 0.4) is 0 Å². The molecule has 1 aliphatic rings. The summed E-state index contributed by atoms with van der Waals surface area (Å²) in [5, 5.41) is 21.8. The summed E-state index contributed by atoms with van der Waals surface area (Å²) in [6.45, 7) is 7.92. The van der Waals surface area contributed by atoms with E-state index in [9.17, 15) is 14.6 Å². The van der Waals surface area contributed by atoms with Crippen LogP contribution in [-0.2, 0) is 15.9 Å². The molecule has 0 saturated carbocycles. The van der Waals surface area contributed by atoms with Gasteiger partial charge in [-0.1, -0.05) is 43.1 Å². The second-order valence-electron chi connectivity index (χ2n) is 9.83. The Bertz CT molecular complexity index is 976. The molecule has 0 radical (unpaired) electrons. The van der Waals surface area contributed by atoms with E-state index in [0.29, 0.717) is 37.5 Å². The summed E-state index contributed by atoms with van der Waals surface area (Å²) in [6, 6.07) is 10.6. The Balaban J connectivity index is 1.88. The molecule has 0 amide bonds. The highest BCUT2D eigenvalue weighted by molar-refractivity contribution is 6.31. The van der Waals surface area contributed by atoms with Gasteiger partial charge in [0.15, 0.2) is 11.6 Å². The van der Waals surface area contributed by atoms with Crippen LogP contribution in [0.2, 0.25) is 5.02 Å². The lowest BCUT2D eigenvalue weighted by atomic mass is 9.77. The lowest BCUT2D eigenvalue weighted by Gasteiger charge is -2.49. The third kappa shape index (κ3) is 6.75. The zero-order valence-electron chi connectivity index (χ0n) is 21.2. The van der Waals surface area contributed by atoms with Gasteiger partial charge in [0.05, 0.1) is 31.0 Å². The van der Waals surface area contributed by atoms with E-state index in [1.165, 1.54) is 6.07 Å². The summed E-state index contributed by atoms with van der Waals surface area (Å²) in [4.78, 5) is 0. The van der Waals surface area contributed by atoms with Crippen LogP contribution in [0.25, 0.3) is 0 Å². The average Bonchev–Trinajstić information content (AvgIpc) is 2.81. The molecule has 3 rings (SSSR count). The lowest BCUT2D eigenvalue weighted by molar-refractivity contribution is -0.256. The summed E-state index contributed by atoms with van der Waals surface area (Å²) >= 11 is 6.51. The van der Waals surface area contributed by atoms with E-state index in [1.807, 2.05) is 31.2 Å². The molecule has 1 fully saturated rings. The van der Waals surface area contributed by atoms with Gasteiger partial charge in [0.2, 0.25) is 0 Å². The van der Waals surface area contributed by atoms with Crippen molar-refractivity contribution in [3.8, 4) is 5.75 Å². The van der Waals surface area contributed by atoms with E-state index in [4.69, 9.17) is 25.8 Å². The van der Waals surface area contributed by atoms with Crippen molar-refractivity contribution in [2.45, 2.75) is 83.2 Å². The number of aliphatic hydroxyl groups is 2. The molecular formula is C28H38ClFO5. The maximum Gasteiger partial charge on any atom is 0.165 e. The monoisotopic (exact) mass is 508 g/mol. The van der Waals surface area contributed by atoms with Crippen LogP contribution in [0.4, 0.5) is 4.39 Å². The number of aliphatic hydroxyl groups excluding tert-OH is 1. The highest BCUT2D eigenvalue weighted by Crippen LogP contribution is 2.44. The minimum atomic E-state index is -1.28. The number of benzene rings is 2. The molecule has 0 aliphatic carbocycles. The molecule has 1 heterocycles. The highest BCUT2D eigenvalue weighted by atomic mass is 35.5. The second-order valence-corrected chi connectivity index (χ2v) is 10.2. The van der Waals surface area contributed by atoms with Gasteiger partial charge in [-0.15, -0.1) is 0 Å². The Hall–Kier alpha value is -1.70. The topological polar surface area (TPSA) is 68.2 Å². The minimum Gasteiger partial charge on any atom is -0.491 e. The fourth-order valence-corrected chi connectivity index (χ4v) is 4.73. The number of hydrogen-bond donors (Lipinski definition) is 2. The normalized spacial score (nSPS) is 22.9. The van der Waals surface area contributed by atoms with Crippen LogP contribution in [0.15, 0.2) is 36.4 Å². The molecule has 0 spiro atoms. The van der Waals surface area contributed by atoms with Crippen LogP contribution in [0.1, 0.15) is 76.2 Å². The van der Waals surface area contributed by atoms with Gasteiger partial charge in [0.25, 0.3) is 0 Å². The number of unbranched alkanes of at least 4 members (excludes halogenated alkanes) is 1. The molecule has 0 unspecified atom stereocenters. The van der Waals surface area contributed by atoms with Crippen molar-refractivity contribution in [3.63, 3.8) is 0 Å². The first kappa shape index (κ1) is 27.9. The first-order chi connectivity index (χ1) is 16.6. The van der Waals surface area contributed by atoms with Crippen molar-refractivity contribution in [1.82, 2.24) is 0 Å². The predicted molar refractivity (Wildman–Crippen MR) is 136 cm³/mol. The van der Waals surface area contributed by atoms with E-state index in [-0.39, 0.29) is 18.5 Å². The molecule has 0 bridgehead atoms. The van der Waals surface area contributed by atoms with E-state index in [0.717, 1.165) is 29.5 Å². The quantitative estimate of drug-likeness (QED) is 0.364. The van der Waals surface area contributed by atoms with Crippen molar-refractivity contribution in [2.75, 3.05) is 19.8 Å². The standard InChI is InChI=1S/C28H38ClFO5/c1-5-7-12-34-22-16-26(35-28(17-22,18-31)27(3,4)32)20-9-10-23(29)21(15-20)13-19-8-11-25(33-6-2)24(30)14-19/h8-11,14-15,22,26,31-32H,5-7,12-13,16-18H2,1-4H3/t22-,26-,28-/m1/s1. The van der Waals surface area contributed by atoms with Crippen LogP contribution in [-0.4, -0.2) is 47.3 Å². The van der Waals surface area contributed by atoms with Crippen molar-refractivity contribution in [1.29, 1.82) is 0 Å². The number of ether oxygens (including phenoxy) is 3. The fourth-order valence-electron chi connectivity index (χ4n) is 4.55. The highest BCUT2D eigenvalue weighted by Gasteiger charge is 2.51. The zero-order valence-corrected chi connectivity index (χ0v) is 21.9. The zero-order chi connectivity index (χ0) is 25.6. The van der Waals surface area contributed by atoms with Gasteiger partial charge in [-0.25, -0.2) is 4.39 Å². The summed E-state index contributed by atoms with van der Waals surface area (Å²) in [5.74, 6) is -0.176. The van der Waals surface area contributed by atoms with Crippen molar-refractivity contribution >= 4 is 11.6 Å². The molecule has 7 heteroatoms. The van der Waals surface area contributed by atoms with Crippen molar-refractivity contribution in [2.24, 2.45) is 0 Å². The predicted octanol–water partition coefficient (Wildman–Crippen LogP) is 6.01. The Labute approximate surface area is 213 Å². The maximum absolute atomic E-state index is 14.4. The summed E-state index contributed by atoms with van der Waals surface area (Å²) in [6.07, 6.45) is 2.84. The van der Waals surface area contributed by atoms with E-state index < -0.39 is 23.1 Å². The summed E-state index contributed by atoms with van der Waals surface area (Å²) in [7, 11) is 0. The van der Waals surface area contributed by atoms with Gasteiger partial charge in [0.1, 0.15) is 5.60 Å². The van der Waals surface area contributed by atoms with Gasteiger partial charge < -0.3 is 24.4 Å². The Morgan fingerprint density at radius 1 is 1.20 bits per heavy atom. The van der Waals surface area contributed by atoms with Gasteiger partial charge in [-0.3, -0.25) is 0 Å². The number of rotatable bonds is 11. The summed E-state index contributed by atoms with van der Waals surface area (Å²) < 4.78 is 32.2. The molecule has 35 heavy (non-hydrogen) atoms. The van der Waals surface area contributed by atoms with Gasteiger partial charge in [0, 0.05) is 24.5 Å². The average molecular weight is 509 g/mol. The largest absolute Gasteiger partial charge is 0.491 e. The SMILES string of the molecule is CCCCO[C@@H]1C[C@H](c2ccc(Cl)c(Cc3ccc(OCC)c(F)c3)c2)O[C@](CO)(C(C)(C)O)C1. The molecular weight excluding hydrogens is 471 g/mol. The second kappa shape index (κ2) is 12.0. The Kier molecular flexibility index (Phi) is 9.58. The van der Waals surface area contributed by atoms with Crippen LogP contribution in [0.5, 0.6) is 5.75 Å². The Morgan fingerprint density at radius 3 is 2.60 bits per heavy atom. The van der Waals surface area contributed by atoms with Crippen LogP contribution >= 0.6 is 11.6 Å². The third-order valence-corrected chi connectivity index (χ3v) is 7.13. The van der Waals surface area contributed by atoms with Crippen molar-refractivity contribution < 1.29 is 28.8 Å². The molecule has 5 nitrogen and oxygen atoms in total. The third-order valence-electron chi connectivity index (χ3n) is 6.76. The summed E-state index contributed by atoms with van der Waals surface area (Å²) in [5.41, 5.74) is 0.0496. The van der Waals surface area contributed by atoms with E-state index >= 15 is 0 Å². The van der Waals surface area contributed by atoms with Gasteiger partial charge in [-0.05, 0) is 68.5 Å². The molecule has 2 N–H and O–H groups in total. The van der Waals surface area contributed by atoms with E-state index in [1.54, 1.807) is 19.9 Å². The van der Waals surface area contributed by atoms with Crippen LogP contribution in [0, 0.1) is 5.82 Å². The molecule has 0 aromatic heterocycles. The van der Waals surface area contributed by atoms with Crippen LogP contribution < -0.4 is 4.74 Å². The van der Waals surface area contributed by atoms with Crippen molar-refractivity contribution in [3.05, 3.63) is 63.9 Å². The number of halogens is 2. The molecule has 3 atom stereocenters.